The van der Waals surface area contributed by atoms with Gasteiger partial charge in [-0.3, -0.25) is 4.79 Å². The molecule has 0 aromatic heterocycles. The SMILES string of the molecule is C#CCOc1ccc(/C=C2/SC(=Nc3ccc(F)cc3)NC2=O)cc1I. The van der Waals surface area contributed by atoms with Crippen LogP contribution in [-0.2, 0) is 4.79 Å². The third-order valence-corrected chi connectivity index (χ3v) is 5.03. The summed E-state index contributed by atoms with van der Waals surface area (Å²) >= 11 is 3.39. The molecule has 0 saturated carbocycles. The maximum Gasteiger partial charge on any atom is 0.264 e. The molecule has 0 radical (unpaired) electrons. The summed E-state index contributed by atoms with van der Waals surface area (Å²) in [5.41, 5.74) is 1.43. The van der Waals surface area contributed by atoms with Crippen LogP contribution < -0.4 is 10.1 Å². The quantitative estimate of drug-likeness (QED) is 0.405. The zero-order valence-electron chi connectivity index (χ0n) is 13.3. The highest BCUT2D eigenvalue weighted by molar-refractivity contribution is 14.1. The topological polar surface area (TPSA) is 50.7 Å². The van der Waals surface area contributed by atoms with E-state index in [9.17, 15) is 9.18 Å². The number of benzene rings is 2. The molecule has 0 atom stereocenters. The molecule has 1 fully saturated rings. The zero-order chi connectivity index (χ0) is 18.5. The van der Waals surface area contributed by atoms with Crippen LogP contribution in [0.4, 0.5) is 10.1 Å². The third-order valence-electron chi connectivity index (χ3n) is 3.27. The molecule has 1 saturated heterocycles. The number of rotatable bonds is 4. The second-order valence-electron chi connectivity index (χ2n) is 5.14. The minimum absolute atomic E-state index is 0.206. The second-order valence-corrected chi connectivity index (χ2v) is 7.33. The molecule has 2 aromatic carbocycles. The van der Waals surface area contributed by atoms with Gasteiger partial charge in [-0.15, -0.1) is 6.42 Å². The van der Waals surface area contributed by atoms with Crippen LogP contribution in [0.3, 0.4) is 0 Å². The summed E-state index contributed by atoms with van der Waals surface area (Å²) in [6, 6.07) is 11.3. The number of nitrogens with zero attached hydrogens (tertiary/aromatic N) is 1. The van der Waals surface area contributed by atoms with Crippen molar-refractivity contribution in [1.29, 1.82) is 0 Å². The molecule has 4 nitrogen and oxygen atoms in total. The van der Waals surface area contributed by atoms with Crippen molar-refractivity contribution in [3.8, 4) is 18.1 Å². The lowest BCUT2D eigenvalue weighted by Gasteiger charge is -2.05. The number of carbonyl (C=O) groups is 1. The fraction of sp³-hybridized carbons (Fsp3) is 0.0526. The van der Waals surface area contributed by atoms with Crippen molar-refractivity contribution in [1.82, 2.24) is 5.32 Å². The van der Waals surface area contributed by atoms with E-state index in [1.54, 1.807) is 18.2 Å². The number of hydrogen-bond donors (Lipinski definition) is 1. The first kappa shape index (κ1) is 18.5. The van der Waals surface area contributed by atoms with E-state index in [-0.39, 0.29) is 18.3 Å². The minimum Gasteiger partial charge on any atom is -0.480 e. The lowest BCUT2D eigenvalue weighted by atomic mass is 10.2. The van der Waals surface area contributed by atoms with Crippen LogP contribution in [0.5, 0.6) is 5.75 Å². The van der Waals surface area contributed by atoms with Gasteiger partial charge in [0.25, 0.3) is 5.91 Å². The highest BCUT2D eigenvalue weighted by Gasteiger charge is 2.23. The smallest absolute Gasteiger partial charge is 0.264 e. The first-order valence-electron chi connectivity index (χ1n) is 7.46. The first-order valence-corrected chi connectivity index (χ1v) is 9.35. The summed E-state index contributed by atoms with van der Waals surface area (Å²) in [5, 5.41) is 3.16. The molecule has 1 aliphatic heterocycles. The highest BCUT2D eigenvalue weighted by Crippen LogP contribution is 2.29. The summed E-state index contributed by atoms with van der Waals surface area (Å²) in [6.07, 6.45) is 6.97. The Balaban J connectivity index is 1.77. The number of hydrogen-bond acceptors (Lipinski definition) is 4. The number of thioether (sulfide) groups is 1. The molecular weight excluding hydrogens is 466 g/mol. The Hall–Kier alpha value is -2.31. The van der Waals surface area contributed by atoms with Crippen molar-refractivity contribution in [2.24, 2.45) is 4.99 Å². The van der Waals surface area contributed by atoms with Gasteiger partial charge in [0.2, 0.25) is 0 Å². The second kappa shape index (κ2) is 8.38. The lowest BCUT2D eigenvalue weighted by molar-refractivity contribution is -0.115. The lowest BCUT2D eigenvalue weighted by Crippen LogP contribution is -2.19. The average molecular weight is 478 g/mol. The number of aliphatic imine (C=N–C) groups is 1. The Morgan fingerprint density at radius 2 is 2.08 bits per heavy atom. The van der Waals surface area contributed by atoms with Crippen molar-refractivity contribution in [2.75, 3.05) is 6.61 Å². The van der Waals surface area contributed by atoms with E-state index in [1.807, 2.05) is 18.2 Å². The maximum atomic E-state index is 12.9. The molecule has 1 amide bonds. The molecule has 1 N–H and O–H groups in total. The fourth-order valence-electron chi connectivity index (χ4n) is 2.11. The van der Waals surface area contributed by atoms with Gasteiger partial charge in [-0.1, -0.05) is 12.0 Å². The van der Waals surface area contributed by atoms with Crippen LogP contribution in [0, 0.1) is 21.7 Å². The van der Waals surface area contributed by atoms with Crippen molar-refractivity contribution < 1.29 is 13.9 Å². The zero-order valence-corrected chi connectivity index (χ0v) is 16.3. The first-order chi connectivity index (χ1) is 12.5. The molecule has 0 spiro atoms. The van der Waals surface area contributed by atoms with E-state index in [2.05, 4.69) is 38.8 Å². The van der Waals surface area contributed by atoms with Crippen LogP contribution >= 0.6 is 34.4 Å². The Morgan fingerprint density at radius 3 is 2.77 bits per heavy atom. The molecule has 130 valence electrons. The molecule has 0 bridgehead atoms. The van der Waals surface area contributed by atoms with Crippen LogP contribution in [0.1, 0.15) is 5.56 Å². The van der Waals surface area contributed by atoms with Gasteiger partial charge in [0.05, 0.1) is 14.2 Å². The number of carbonyl (C=O) groups excluding carboxylic acids is 1. The van der Waals surface area contributed by atoms with Crippen LogP contribution in [0.2, 0.25) is 0 Å². The number of terminal acetylenes is 1. The maximum absolute atomic E-state index is 12.9. The average Bonchev–Trinajstić information content (AvgIpc) is 2.95. The monoisotopic (exact) mass is 478 g/mol. The molecule has 1 heterocycles. The van der Waals surface area contributed by atoms with Gasteiger partial charge < -0.3 is 10.1 Å². The summed E-state index contributed by atoms with van der Waals surface area (Å²) in [4.78, 5) is 17.0. The van der Waals surface area contributed by atoms with E-state index in [4.69, 9.17) is 11.2 Å². The molecular formula is C19H12FIN2O2S. The standard InChI is InChI=1S/C19H12FIN2O2S/c1-2-9-25-16-8-3-12(10-15(16)21)11-17-18(24)23-19(26-17)22-14-6-4-13(20)5-7-14/h1,3-8,10-11H,9H2,(H,22,23,24)/b17-11+. The largest absolute Gasteiger partial charge is 0.480 e. The number of ether oxygens (including phenoxy) is 1. The summed E-state index contributed by atoms with van der Waals surface area (Å²) in [6.45, 7) is 0.206. The van der Waals surface area contributed by atoms with Gasteiger partial charge in [0.15, 0.2) is 5.17 Å². The predicted molar refractivity (Wildman–Crippen MR) is 111 cm³/mol. The van der Waals surface area contributed by atoms with E-state index in [0.717, 1.165) is 9.13 Å². The minimum atomic E-state index is -0.332. The van der Waals surface area contributed by atoms with Gasteiger partial charge in [0.1, 0.15) is 18.2 Å². The third kappa shape index (κ3) is 4.65. The molecule has 3 rings (SSSR count). The van der Waals surface area contributed by atoms with Crippen LogP contribution in [0.25, 0.3) is 6.08 Å². The van der Waals surface area contributed by atoms with E-state index in [0.29, 0.717) is 21.5 Å². The molecule has 0 unspecified atom stereocenters. The van der Waals surface area contributed by atoms with Crippen molar-refractivity contribution >= 4 is 57.2 Å². The predicted octanol–water partition coefficient (Wildman–Crippen LogP) is 4.33. The van der Waals surface area contributed by atoms with Gasteiger partial charge >= 0.3 is 0 Å². The van der Waals surface area contributed by atoms with E-state index >= 15 is 0 Å². The molecule has 0 aliphatic carbocycles. The molecule has 1 aliphatic rings. The van der Waals surface area contributed by atoms with Crippen molar-refractivity contribution in [3.05, 3.63) is 62.3 Å². The number of halogens is 2. The summed E-state index contributed by atoms with van der Waals surface area (Å²) in [7, 11) is 0. The van der Waals surface area contributed by atoms with E-state index in [1.165, 1.54) is 23.9 Å². The van der Waals surface area contributed by atoms with Gasteiger partial charge in [0, 0.05) is 0 Å². The van der Waals surface area contributed by atoms with E-state index < -0.39 is 0 Å². The van der Waals surface area contributed by atoms with Gasteiger partial charge in [-0.05, 0) is 82.4 Å². The normalized spacial score (nSPS) is 16.6. The highest BCUT2D eigenvalue weighted by atomic mass is 127. The van der Waals surface area contributed by atoms with Gasteiger partial charge in [-0.2, -0.15) is 0 Å². The Labute approximate surface area is 168 Å². The molecule has 26 heavy (non-hydrogen) atoms. The Kier molecular flexibility index (Phi) is 5.96. The van der Waals surface area contributed by atoms with Crippen LogP contribution in [0.15, 0.2) is 52.4 Å². The number of amides is 1. The van der Waals surface area contributed by atoms with Crippen LogP contribution in [-0.4, -0.2) is 17.7 Å². The van der Waals surface area contributed by atoms with Crippen molar-refractivity contribution in [3.63, 3.8) is 0 Å². The summed E-state index contributed by atoms with van der Waals surface area (Å²) in [5.74, 6) is 2.57. The number of amidine groups is 1. The van der Waals surface area contributed by atoms with Crippen molar-refractivity contribution in [2.45, 2.75) is 0 Å². The fourth-order valence-corrected chi connectivity index (χ4v) is 3.65. The molecule has 2 aromatic rings. The Morgan fingerprint density at radius 1 is 1.31 bits per heavy atom. The molecule has 7 heteroatoms. The van der Waals surface area contributed by atoms with Gasteiger partial charge in [-0.25, -0.2) is 9.38 Å². The summed E-state index contributed by atoms with van der Waals surface area (Å²) < 4.78 is 19.3. The number of nitrogens with one attached hydrogen (secondary N) is 1. The Bertz CT molecular complexity index is 949.